The van der Waals surface area contributed by atoms with Crippen LogP contribution in [-0.2, 0) is 10.8 Å². The van der Waals surface area contributed by atoms with Gasteiger partial charge in [-0.2, -0.15) is 0 Å². The van der Waals surface area contributed by atoms with E-state index in [1.807, 2.05) is 30.3 Å². The van der Waals surface area contributed by atoms with E-state index in [0.717, 1.165) is 16.7 Å². The molecule has 0 amide bonds. The number of carbonyl (C=O) groups is 1. The Morgan fingerprint density at radius 2 is 1.35 bits per heavy atom. The second-order valence-corrected chi connectivity index (χ2v) is 8.38. The third-order valence-corrected chi connectivity index (χ3v) is 4.23. The maximum absolute atomic E-state index is 13.3. The van der Waals surface area contributed by atoms with Crippen LogP contribution in [0.4, 0.5) is 0 Å². The summed E-state index contributed by atoms with van der Waals surface area (Å²) in [6, 6.07) is 13.9. The average Bonchev–Trinajstić information content (AvgIpc) is 2.44. The lowest BCUT2D eigenvalue weighted by molar-refractivity contribution is 0.103. The summed E-state index contributed by atoms with van der Waals surface area (Å²) in [5.74, 6) is 0.129. The van der Waals surface area contributed by atoms with Gasteiger partial charge in [-0.05, 0) is 34.4 Å². The Morgan fingerprint density at radius 1 is 0.783 bits per heavy atom. The molecule has 0 atom stereocenters. The molecule has 0 aliphatic heterocycles. The summed E-state index contributed by atoms with van der Waals surface area (Å²) in [5, 5.41) is 0. The van der Waals surface area contributed by atoms with Gasteiger partial charge in [-0.15, -0.1) is 0 Å². The first-order chi connectivity index (χ1) is 10.5. The summed E-state index contributed by atoms with van der Waals surface area (Å²) in [6.07, 6.45) is 0. The summed E-state index contributed by atoms with van der Waals surface area (Å²) >= 11 is 0. The van der Waals surface area contributed by atoms with E-state index in [2.05, 4.69) is 60.6 Å². The van der Waals surface area contributed by atoms with Crippen LogP contribution in [0.25, 0.3) is 0 Å². The number of carbonyl (C=O) groups excluding carboxylic acids is 1. The molecule has 0 aliphatic carbocycles. The van der Waals surface area contributed by atoms with Crippen LogP contribution in [0.2, 0.25) is 0 Å². The predicted octanol–water partition coefficient (Wildman–Crippen LogP) is 5.82. The van der Waals surface area contributed by atoms with Gasteiger partial charge in [-0.1, -0.05) is 84.0 Å². The van der Waals surface area contributed by atoms with Crippen LogP contribution < -0.4 is 0 Å². The zero-order valence-electron chi connectivity index (χ0n) is 15.4. The van der Waals surface area contributed by atoms with Crippen molar-refractivity contribution in [2.45, 2.75) is 59.3 Å². The second kappa shape index (κ2) is 5.96. The second-order valence-electron chi connectivity index (χ2n) is 8.38. The maximum atomic E-state index is 13.3. The fourth-order valence-electron chi connectivity index (χ4n) is 3.27. The molecular formula is C22H28O. The third-order valence-electron chi connectivity index (χ3n) is 4.23. The van der Waals surface area contributed by atoms with Gasteiger partial charge >= 0.3 is 0 Å². The molecule has 0 fully saturated rings. The van der Waals surface area contributed by atoms with Gasteiger partial charge in [-0.3, -0.25) is 4.79 Å². The highest BCUT2D eigenvalue weighted by molar-refractivity contribution is 6.11. The van der Waals surface area contributed by atoms with E-state index in [-0.39, 0.29) is 16.6 Å². The molecule has 0 saturated carbocycles. The smallest absolute Gasteiger partial charge is 0.193 e. The molecular weight excluding hydrogens is 280 g/mol. The van der Waals surface area contributed by atoms with Crippen LogP contribution >= 0.6 is 0 Å². The van der Waals surface area contributed by atoms with Crippen molar-refractivity contribution in [3.05, 3.63) is 70.3 Å². The number of aryl methyl sites for hydroxylation is 1. The van der Waals surface area contributed by atoms with Gasteiger partial charge < -0.3 is 0 Å². The van der Waals surface area contributed by atoms with Gasteiger partial charge in [0.2, 0.25) is 0 Å². The minimum atomic E-state index is -0.0783. The lowest BCUT2D eigenvalue weighted by Crippen LogP contribution is -2.25. The minimum absolute atomic E-state index is 0.0759. The molecule has 0 heterocycles. The molecule has 0 bridgehead atoms. The zero-order chi connectivity index (χ0) is 17.4. The van der Waals surface area contributed by atoms with Crippen LogP contribution in [-0.4, -0.2) is 5.78 Å². The quantitative estimate of drug-likeness (QED) is 0.639. The highest BCUT2D eigenvalue weighted by atomic mass is 16.1. The first-order valence-corrected chi connectivity index (χ1v) is 8.28. The first-order valence-electron chi connectivity index (χ1n) is 8.28. The fourth-order valence-corrected chi connectivity index (χ4v) is 3.27. The van der Waals surface area contributed by atoms with Crippen molar-refractivity contribution in [2.75, 3.05) is 0 Å². The molecule has 0 aromatic heterocycles. The van der Waals surface area contributed by atoms with Crippen LogP contribution in [0.3, 0.4) is 0 Å². The van der Waals surface area contributed by atoms with Gasteiger partial charge in [0.15, 0.2) is 5.78 Å². The average molecular weight is 308 g/mol. The van der Waals surface area contributed by atoms with E-state index in [4.69, 9.17) is 0 Å². The predicted molar refractivity (Wildman–Crippen MR) is 98.5 cm³/mol. The first kappa shape index (κ1) is 17.5. The Labute approximate surface area is 140 Å². The van der Waals surface area contributed by atoms with E-state index < -0.39 is 0 Å². The molecule has 2 aromatic carbocycles. The summed E-state index contributed by atoms with van der Waals surface area (Å²) in [5.41, 5.74) is 4.97. The van der Waals surface area contributed by atoms with Crippen molar-refractivity contribution in [1.29, 1.82) is 0 Å². The van der Waals surface area contributed by atoms with E-state index >= 15 is 0 Å². The summed E-state index contributed by atoms with van der Waals surface area (Å²) in [6.45, 7) is 15.2. The monoisotopic (exact) mass is 308 g/mol. The lowest BCUT2D eigenvalue weighted by Gasteiger charge is -2.31. The Kier molecular flexibility index (Phi) is 4.52. The number of hydrogen-bond acceptors (Lipinski definition) is 1. The highest BCUT2D eigenvalue weighted by Gasteiger charge is 2.30. The number of ketones is 1. The molecule has 0 N–H and O–H groups in total. The Bertz CT molecular complexity index is 710. The molecule has 0 unspecified atom stereocenters. The molecule has 23 heavy (non-hydrogen) atoms. The zero-order valence-corrected chi connectivity index (χ0v) is 15.4. The Morgan fingerprint density at radius 3 is 1.83 bits per heavy atom. The summed E-state index contributed by atoms with van der Waals surface area (Å²) in [7, 11) is 0. The van der Waals surface area contributed by atoms with Gasteiger partial charge in [-0.25, -0.2) is 0 Å². The van der Waals surface area contributed by atoms with Gasteiger partial charge in [0.1, 0.15) is 0 Å². The van der Waals surface area contributed by atoms with Crippen molar-refractivity contribution in [2.24, 2.45) is 0 Å². The molecule has 122 valence electrons. The van der Waals surface area contributed by atoms with Crippen molar-refractivity contribution >= 4 is 5.78 Å². The maximum Gasteiger partial charge on any atom is 0.193 e. The third kappa shape index (κ3) is 3.55. The number of rotatable bonds is 2. The molecule has 0 radical (unpaired) electrons. The van der Waals surface area contributed by atoms with Crippen LogP contribution in [0.5, 0.6) is 0 Å². The number of hydrogen-bond donors (Lipinski definition) is 0. The van der Waals surface area contributed by atoms with Crippen molar-refractivity contribution in [3.8, 4) is 0 Å². The normalized spacial score (nSPS) is 12.3. The standard InChI is InChI=1S/C22H28O/c1-15-13-14-17(21(2,3)4)18(19(15)22(5,6)7)20(23)16-11-9-8-10-12-16/h8-14H,1-7H3. The van der Waals surface area contributed by atoms with Gasteiger partial charge in [0.05, 0.1) is 0 Å². The van der Waals surface area contributed by atoms with Crippen LogP contribution in [0.1, 0.15) is 74.2 Å². The Hall–Kier alpha value is -1.89. The van der Waals surface area contributed by atoms with Gasteiger partial charge in [0, 0.05) is 11.1 Å². The molecule has 1 nitrogen and oxygen atoms in total. The summed E-state index contributed by atoms with van der Waals surface area (Å²) in [4.78, 5) is 13.3. The van der Waals surface area contributed by atoms with Crippen molar-refractivity contribution < 1.29 is 4.79 Å². The molecule has 2 rings (SSSR count). The molecule has 2 aromatic rings. The largest absolute Gasteiger partial charge is 0.289 e. The molecule has 0 spiro atoms. The van der Waals surface area contributed by atoms with Crippen molar-refractivity contribution in [3.63, 3.8) is 0 Å². The highest BCUT2D eigenvalue weighted by Crippen LogP contribution is 2.37. The lowest BCUT2D eigenvalue weighted by atomic mass is 9.72. The topological polar surface area (TPSA) is 17.1 Å². The molecule has 0 aliphatic rings. The van der Waals surface area contributed by atoms with E-state index in [1.54, 1.807) is 0 Å². The fraction of sp³-hybridized carbons (Fsp3) is 0.409. The Balaban J connectivity index is 2.83. The molecule has 1 heteroatoms. The van der Waals surface area contributed by atoms with E-state index in [0.29, 0.717) is 0 Å². The number of benzene rings is 2. The SMILES string of the molecule is Cc1ccc(C(C)(C)C)c(C(=O)c2ccccc2)c1C(C)(C)C. The summed E-state index contributed by atoms with van der Waals surface area (Å²) < 4.78 is 0. The van der Waals surface area contributed by atoms with E-state index in [9.17, 15) is 4.79 Å². The van der Waals surface area contributed by atoms with Gasteiger partial charge in [0.25, 0.3) is 0 Å². The minimum Gasteiger partial charge on any atom is -0.289 e. The van der Waals surface area contributed by atoms with E-state index in [1.165, 1.54) is 11.1 Å². The van der Waals surface area contributed by atoms with Crippen LogP contribution in [0, 0.1) is 6.92 Å². The van der Waals surface area contributed by atoms with Crippen molar-refractivity contribution in [1.82, 2.24) is 0 Å². The molecule has 0 saturated heterocycles. The van der Waals surface area contributed by atoms with Crippen LogP contribution in [0.15, 0.2) is 42.5 Å².